The number of amides is 2. The van der Waals surface area contributed by atoms with E-state index in [9.17, 15) is 14.4 Å². The van der Waals surface area contributed by atoms with E-state index >= 15 is 0 Å². The van der Waals surface area contributed by atoms with Crippen LogP contribution in [-0.2, 0) is 4.79 Å². The van der Waals surface area contributed by atoms with Crippen molar-refractivity contribution in [3.63, 3.8) is 0 Å². The van der Waals surface area contributed by atoms with Crippen molar-refractivity contribution in [2.24, 2.45) is 0 Å². The number of carboxylic acids is 1. The molecule has 0 saturated heterocycles. The van der Waals surface area contributed by atoms with E-state index in [-0.39, 0.29) is 21.8 Å². The van der Waals surface area contributed by atoms with E-state index in [4.69, 9.17) is 21.1 Å². The molecule has 0 aliphatic rings. The second-order valence-corrected chi connectivity index (χ2v) is 6.25. The minimum Gasteiger partial charge on any atom is -0.478 e. The van der Waals surface area contributed by atoms with Crippen molar-refractivity contribution in [3.8, 4) is 0 Å². The predicted molar refractivity (Wildman–Crippen MR) is 108 cm³/mol. The van der Waals surface area contributed by atoms with E-state index in [1.807, 2.05) is 0 Å². The Morgan fingerprint density at radius 3 is 2.31 bits per heavy atom. The summed E-state index contributed by atoms with van der Waals surface area (Å²) < 4.78 is 5.22. The first kappa shape index (κ1) is 19.9. The number of carbonyl (C=O) groups excluding carboxylic acids is 2. The summed E-state index contributed by atoms with van der Waals surface area (Å²) in [5.41, 5.74) is 0.573. The van der Waals surface area contributed by atoms with Gasteiger partial charge in [0.05, 0.1) is 22.4 Å². The molecule has 0 atom stereocenters. The molecule has 2 amide bonds. The highest BCUT2D eigenvalue weighted by Crippen LogP contribution is 2.17. The Bertz CT molecular complexity index is 1070. The highest BCUT2D eigenvalue weighted by molar-refractivity contribution is 6.34. The summed E-state index contributed by atoms with van der Waals surface area (Å²) in [5, 5.41) is 14.3. The van der Waals surface area contributed by atoms with Gasteiger partial charge in [0.1, 0.15) is 11.5 Å². The number of furan rings is 1. The van der Waals surface area contributed by atoms with Crippen LogP contribution in [0.3, 0.4) is 0 Å². The van der Waals surface area contributed by atoms with E-state index in [0.29, 0.717) is 11.4 Å². The number of aromatic carboxylic acids is 1. The van der Waals surface area contributed by atoms with E-state index in [1.165, 1.54) is 42.7 Å². The Morgan fingerprint density at radius 2 is 1.69 bits per heavy atom. The fourth-order valence-electron chi connectivity index (χ4n) is 2.40. The van der Waals surface area contributed by atoms with Crippen LogP contribution in [0.25, 0.3) is 6.08 Å². The zero-order valence-corrected chi connectivity index (χ0v) is 15.6. The van der Waals surface area contributed by atoms with Crippen molar-refractivity contribution in [1.29, 1.82) is 0 Å². The number of hydrogen-bond acceptors (Lipinski definition) is 4. The minimum absolute atomic E-state index is 0.0767. The second-order valence-electron chi connectivity index (χ2n) is 5.84. The van der Waals surface area contributed by atoms with Crippen molar-refractivity contribution in [2.45, 2.75) is 0 Å². The number of hydrogen-bond donors (Lipinski definition) is 3. The molecule has 3 aromatic rings. The Kier molecular flexibility index (Phi) is 6.11. The molecule has 0 spiro atoms. The van der Waals surface area contributed by atoms with Gasteiger partial charge < -0.3 is 20.2 Å². The maximum atomic E-state index is 12.7. The fraction of sp³-hybridized carbons (Fsp3) is 0. The molecule has 3 N–H and O–H groups in total. The molecule has 29 heavy (non-hydrogen) atoms. The molecule has 0 bridgehead atoms. The Labute approximate surface area is 170 Å². The maximum Gasteiger partial charge on any atom is 0.335 e. The predicted octanol–water partition coefficient (Wildman–Crippen LogP) is 4.04. The van der Waals surface area contributed by atoms with E-state index in [1.54, 1.807) is 30.3 Å². The summed E-state index contributed by atoms with van der Waals surface area (Å²) >= 11 is 6.05. The summed E-state index contributed by atoms with van der Waals surface area (Å²) in [5.74, 6) is -1.90. The lowest BCUT2D eigenvalue weighted by Crippen LogP contribution is -2.30. The highest BCUT2D eigenvalue weighted by atomic mass is 35.5. The zero-order valence-electron chi connectivity index (χ0n) is 14.9. The molecular weight excluding hydrogens is 396 g/mol. The molecule has 0 radical (unpaired) electrons. The van der Waals surface area contributed by atoms with Crippen LogP contribution in [0.5, 0.6) is 0 Å². The van der Waals surface area contributed by atoms with Gasteiger partial charge in [0, 0.05) is 11.8 Å². The molecule has 1 aromatic heterocycles. The van der Waals surface area contributed by atoms with Crippen molar-refractivity contribution >= 4 is 41.1 Å². The Hall–Kier alpha value is -3.84. The molecular formula is C21H15ClN2O5. The molecule has 0 unspecified atom stereocenters. The summed E-state index contributed by atoms with van der Waals surface area (Å²) in [6, 6.07) is 15.3. The van der Waals surface area contributed by atoms with Crippen molar-refractivity contribution < 1.29 is 23.9 Å². The molecule has 7 nitrogen and oxygen atoms in total. The third-order valence-electron chi connectivity index (χ3n) is 3.83. The largest absolute Gasteiger partial charge is 0.478 e. The van der Waals surface area contributed by atoms with Crippen LogP contribution in [-0.4, -0.2) is 22.9 Å². The number of rotatable bonds is 6. The van der Waals surface area contributed by atoms with Gasteiger partial charge in [0.25, 0.3) is 11.8 Å². The van der Waals surface area contributed by atoms with Crippen molar-refractivity contribution in [1.82, 2.24) is 5.32 Å². The smallest absolute Gasteiger partial charge is 0.335 e. The number of anilines is 1. The van der Waals surface area contributed by atoms with Gasteiger partial charge in [-0.25, -0.2) is 4.79 Å². The third kappa shape index (κ3) is 5.12. The molecule has 0 fully saturated rings. The van der Waals surface area contributed by atoms with Crippen LogP contribution in [0, 0.1) is 0 Å². The Morgan fingerprint density at radius 1 is 0.966 bits per heavy atom. The van der Waals surface area contributed by atoms with Gasteiger partial charge in [-0.2, -0.15) is 0 Å². The molecule has 0 aliphatic carbocycles. The van der Waals surface area contributed by atoms with Crippen LogP contribution < -0.4 is 10.6 Å². The van der Waals surface area contributed by atoms with Gasteiger partial charge in [-0.3, -0.25) is 9.59 Å². The van der Waals surface area contributed by atoms with Crippen LogP contribution in [0.4, 0.5) is 5.69 Å². The highest BCUT2D eigenvalue weighted by Gasteiger charge is 2.17. The van der Waals surface area contributed by atoms with Crippen LogP contribution in [0.2, 0.25) is 5.02 Å². The number of benzene rings is 2. The van der Waals surface area contributed by atoms with E-state index < -0.39 is 17.8 Å². The van der Waals surface area contributed by atoms with Crippen LogP contribution >= 0.6 is 11.6 Å². The monoisotopic (exact) mass is 410 g/mol. The molecule has 0 saturated carbocycles. The number of halogens is 1. The number of carbonyl (C=O) groups is 3. The molecule has 3 rings (SSSR count). The van der Waals surface area contributed by atoms with Gasteiger partial charge in [0.2, 0.25) is 0 Å². The summed E-state index contributed by atoms with van der Waals surface area (Å²) in [4.78, 5) is 36.2. The van der Waals surface area contributed by atoms with Gasteiger partial charge in [-0.15, -0.1) is 0 Å². The molecule has 1 heterocycles. The normalized spacial score (nSPS) is 11.0. The van der Waals surface area contributed by atoms with E-state index in [0.717, 1.165) is 0 Å². The first-order chi connectivity index (χ1) is 13.9. The lowest BCUT2D eigenvalue weighted by Gasteiger charge is -2.11. The van der Waals surface area contributed by atoms with Gasteiger partial charge in [0.15, 0.2) is 0 Å². The lowest BCUT2D eigenvalue weighted by atomic mass is 10.2. The average molecular weight is 411 g/mol. The van der Waals surface area contributed by atoms with Gasteiger partial charge in [-0.05, 0) is 48.5 Å². The minimum atomic E-state index is -1.08. The van der Waals surface area contributed by atoms with Crippen molar-refractivity contribution in [2.75, 3.05) is 5.32 Å². The summed E-state index contributed by atoms with van der Waals surface area (Å²) in [6.45, 7) is 0. The van der Waals surface area contributed by atoms with E-state index in [2.05, 4.69) is 10.6 Å². The van der Waals surface area contributed by atoms with Gasteiger partial charge >= 0.3 is 5.97 Å². The summed E-state index contributed by atoms with van der Waals surface area (Å²) in [6.07, 6.45) is 2.80. The fourth-order valence-corrected chi connectivity index (χ4v) is 2.63. The molecule has 2 aromatic carbocycles. The molecule has 8 heteroatoms. The quantitative estimate of drug-likeness (QED) is 0.531. The first-order valence-corrected chi connectivity index (χ1v) is 8.77. The molecule has 146 valence electrons. The zero-order chi connectivity index (χ0) is 20.8. The average Bonchev–Trinajstić information content (AvgIpc) is 3.21. The van der Waals surface area contributed by atoms with Gasteiger partial charge in [-0.1, -0.05) is 23.7 Å². The van der Waals surface area contributed by atoms with Crippen LogP contribution in [0.1, 0.15) is 26.5 Å². The second kappa shape index (κ2) is 8.90. The topological polar surface area (TPSA) is 109 Å². The standard InChI is InChI=1S/C21H15ClN2O5/c22-17-6-2-1-5-16(17)19(25)24-18(12-15-4-3-11-29-15)20(26)23-14-9-7-13(8-10-14)21(27)28/h1-12H,(H,23,26)(H,24,25)(H,27,28). The number of nitrogens with one attached hydrogen (secondary N) is 2. The summed E-state index contributed by atoms with van der Waals surface area (Å²) in [7, 11) is 0. The maximum absolute atomic E-state index is 12.7. The molecule has 0 aliphatic heterocycles. The third-order valence-corrected chi connectivity index (χ3v) is 4.16. The van der Waals surface area contributed by atoms with Crippen molar-refractivity contribution in [3.05, 3.63) is 94.5 Å². The first-order valence-electron chi connectivity index (χ1n) is 8.40. The SMILES string of the molecule is O=C(Nc1ccc(C(=O)O)cc1)C(=Cc1ccco1)NC(=O)c1ccccc1Cl. The Balaban J connectivity index is 1.83. The van der Waals surface area contributed by atoms with Crippen LogP contribution in [0.15, 0.2) is 77.0 Å². The number of carboxylic acid groups (broad SMARTS) is 1. The lowest BCUT2D eigenvalue weighted by molar-refractivity contribution is -0.113.